The molecule has 0 atom stereocenters. The van der Waals surface area contributed by atoms with E-state index in [0.717, 1.165) is 12.1 Å². The van der Waals surface area contributed by atoms with Crippen LogP contribution in [0.25, 0.3) is 10.8 Å². The number of benzene rings is 5. The minimum atomic E-state index is -4.90. The molecule has 0 heterocycles. The number of amidine groups is 1. The number of nitrogens with zero attached hydrogens (tertiary/aromatic N) is 5. The number of nitrogens with one attached hydrogen (secondary N) is 1. The molecule has 0 aliphatic carbocycles. The number of methoxy groups -OCH3 is 2. The first kappa shape index (κ1) is 37.4. The Labute approximate surface area is 296 Å². The van der Waals surface area contributed by atoms with Crippen molar-refractivity contribution in [2.75, 3.05) is 19.5 Å². The SMILES string of the molecule is COc1cc(N=Nc2cccc(S(=O)(=O)O)c2)ccc1N=C(O)Nc1ccc(N=Nc2ccc3cc(S(=O)(=O)O)cc(S(=O)(=O)O)c3c2)cc1OC. The molecule has 0 saturated heterocycles. The van der Waals surface area contributed by atoms with Crippen molar-refractivity contribution < 1.29 is 53.5 Å². The number of ether oxygens (including phenoxy) is 2. The number of fused-ring (bicyclic) bond motifs is 1. The Morgan fingerprint density at radius 3 is 1.75 bits per heavy atom. The summed E-state index contributed by atoms with van der Waals surface area (Å²) in [6.45, 7) is 0. The van der Waals surface area contributed by atoms with E-state index in [4.69, 9.17) is 9.47 Å². The van der Waals surface area contributed by atoms with Crippen LogP contribution < -0.4 is 14.8 Å². The lowest BCUT2D eigenvalue weighted by molar-refractivity contribution is 0.415. The highest BCUT2D eigenvalue weighted by Gasteiger charge is 2.21. The third-order valence-electron chi connectivity index (χ3n) is 6.95. The summed E-state index contributed by atoms with van der Waals surface area (Å²) in [5, 5.41) is 29.6. The van der Waals surface area contributed by atoms with E-state index >= 15 is 0 Å². The summed E-state index contributed by atoms with van der Waals surface area (Å²) in [5.41, 5.74) is 1.35. The molecule has 5 aromatic carbocycles. The summed E-state index contributed by atoms with van der Waals surface area (Å²) in [7, 11) is -11.4. The zero-order chi connectivity index (χ0) is 37.8. The molecule has 0 fully saturated rings. The van der Waals surface area contributed by atoms with Crippen molar-refractivity contribution in [2.45, 2.75) is 14.7 Å². The molecule has 5 rings (SSSR count). The van der Waals surface area contributed by atoms with E-state index in [1.54, 1.807) is 0 Å². The fraction of sp³-hybridized carbons (Fsp3) is 0.0645. The Balaban J connectivity index is 1.34. The van der Waals surface area contributed by atoms with Crippen LogP contribution in [0.1, 0.15) is 0 Å². The average molecular weight is 771 g/mol. The van der Waals surface area contributed by atoms with E-state index < -0.39 is 46.2 Å². The van der Waals surface area contributed by atoms with Gasteiger partial charge in [0.25, 0.3) is 36.4 Å². The second-order valence-electron chi connectivity index (χ2n) is 10.5. The molecule has 18 nitrogen and oxygen atoms in total. The molecule has 0 bridgehead atoms. The second kappa shape index (κ2) is 14.8. The van der Waals surface area contributed by atoms with Crippen LogP contribution in [-0.4, -0.2) is 64.3 Å². The van der Waals surface area contributed by atoms with Crippen LogP contribution in [0.2, 0.25) is 0 Å². The van der Waals surface area contributed by atoms with Crippen molar-refractivity contribution in [1.29, 1.82) is 0 Å². The van der Waals surface area contributed by atoms with Gasteiger partial charge in [0.1, 0.15) is 22.1 Å². The maximum atomic E-state index is 12.0. The van der Waals surface area contributed by atoms with Crippen LogP contribution in [-0.2, 0) is 30.4 Å². The molecule has 270 valence electrons. The summed E-state index contributed by atoms with van der Waals surface area (Å²) in [6, 6.07) is 19.3. The van der Waals surface area contributed by atoms with Gasteiger partial charge in [-0.1, -0.05) is 12.1 Å². The fourth-order valence-corrected chi connectivity index (χ4v) is 6.44. The van der Waals surface area contributed by atoms with Gasteiger partial charge in [0.15, 0.2) is 0 Å². The predicted octanol–water partition coefficient (Wildman–Crippen LogP) is 7.09. The van der Waals surface area contributed by atoms with E-state index in [1.807, 2.05) is 0 Å². The van der Waals surface area contributed by atoms with Gasteiger partial charge in [-0.3, -0.25) is 13.7 Å². The van der Waals surface area contributed by atoms with Gasteiger partial charge in [-0.15, -0.1) is 0 Å². The van der Waals surface area contributed by atoms with Crippen molar-refractivity contribution in [2.24, 2.45) is 25.4 Å². The van der Waals surface area contributed by atoms with Crippen molar-refractivity contribution in [3.63, 3.8) is 0 Å². The molecule has 0 aliphatic rings. The number of rotatable bonds is 11. The van der Waals surface area contributed by atoms with Gasteiger partial charge in [-0.2, -0.15) is 50.7 Å². The molecule has 21 heteroatoms. The molecular formula is C31H26N6O12S3. The van der Waals surface area contributed by atoms with Crippen LogP contribution in [0, 0.1) is 0 Å². The Kier molecular flexibility index (Phi) is 10.6. The lowest BCUT2D eigenvalue weighted by Gasteiger charge is -2.11. The zero-order valence-corrected chi connectivity index (χ0v) is 29.1. The monoisotopic (exact) mass is 770 g/mol. The molecule has 0 aromatic heterocycles. The number of hydrogen-bond acceptors (Lipinski definition) is 13. The first-order valence-electron chi connectivity index (χ1n) is 14.3. The van der Waals surface area contributed by atoms with Crippen LogP contribution in [0.4, 0.5) is 34.1 Å². The number of aliphatic imine (C=N–C) groups is 1. The average Bonchev–Trinajstić information content (AvgIpc) is 3.09. The van der Waals surface area contributed by atoms with Gasteiger partial charge < -0.3 is 19.9 Å². The van der Waals surface area contributed by atoms with Crippen LogP contribution in [0.15, 0.2) is 131 Å². The predicted molar refractivity (Wildman–Crippen MR) is 188 cm³/mol. The molecule has 52 heavy (non-hydrogen) atoms. The zero-order valence-electron chi connectivity index (χ0n) is 26.7. The molecule has 0 amide bonds. The third-order valence-corrected chi connectivity index (χ3v) is 9.52. The standard InChI is InChI=1S/C31H26N6O12S3/c1-48-28-15-21(36-34-19-4-3-5-23(13-19)50(39,40)41)8-10-26(28)32-31(38)33-27-11-9-22(16-29(27)49-2)37-35-20-7-6-18-12-24(51(42,43)44)17-30(25(18)14-20)52(45,46)47/h3-17H,1-2H3,(H2,32,33,38)(H,39,40,41)(H,42,43,44)(H,45,46,47). The third kappa shape index (κ3) is 9.08. The number of hydrogen-bond donors (Lipinski definition) is 5. The minimum absolute atomic E-state index is 0.0713. The Morgan fingerprint density at radius 2 is 1.15 bits per heavy atom. The molecule has 5 N–H and O–H groups in total. The van der Waals surface area contributed by atoms with Gasteiger partial charge in [-0.05, 0) is 72.1 Å². The maximum absolute atomic E-state index is 12.0. The van der Waals surface area contributed by atoms with E-state index in [-0.39, 0.29) is 55.6 Å². The lowest BCUT2D eigenvalue weighted by atomic mass is 10.1. The topological polar surface area (TPSA) is 276 Å². The lowest BCUT2D eigenvalue weighted by Crippen LogP contribution is -2.11. The van der Waals surface area contributed by atoms with Crippen LogP contribution in [0.5, 0.6) is 11.5 Å². The first-order chi connectivity index (χ1) is 24.4. The highest BCUT2D eigenvalue weighted by atomic mass is 32.2. The molecular weight excluding hydrogens is 745 g/mol. The molecule has 0 unspecified atom stereocenters. The summed E-state index contributed by atoms with van der Waals surface area (Å²) < 4.78 is 109. The highest BCUT2D eigenvalue weighted by molar-refractivity contribution is 7.87. The van der Waals surface area contributed by atoms with E-state index in [1.165, 1.54) is 87.0 Å². The minimum Gasteiger partial charge on any atom is -0.494 e. The quantitative estimate of drug-likeness (QED) is 0.0389. The maximum Gasteiger partial charge on any atom is 0.295 e. The molecule has 0 saturated carbocycles. The number of aliphatic hydroxyl groups excluding tert-OH is 1. The van der Waals surface area contributed by atoms with Gasteiger partial charge in [0.05, 0.1) is 52.4 Å². The van der Waals surface area contributed by atoms with Crippen molar-refractivity contribution in [3.8, 4) is 11.5 Å². The molecule has 5 aromatic rings. The number of aliphatic hydroxyl groups is 1. The molecule has 0 aliphatic heterocycles. The Hall–Kier alpha value is -5.84. The summed E-state index contributed by atoms with van der Waals surface area (Å²) in [6.07, 6.45) is 0. The van der Waals surface area contributed by atoms with E-state index in [0.29, 0.717) is 11.8 Å². The first-order valence-corrected chi connectivity index (χ1v) is 18.6. The van der Waals surface area contributed by atoms with E-state index in [9.17, 15) is 44.0 Å². The Morgan fingerprint density at radius 1 is 0.596 bits per heavy atom. The molecule has 0 radical (unpaired) electrons. The fourth-order valence-electron chi connectivity index (χ4n) is 4.58. The smallest absolute Gasteiger partial charge is 0.295 e. The normalized spacial score (nSPS) is 12.8. The summed E-state index contributed by atoms with van der Waals surface area (Å²) >= 11 is 0. The number of anilines is 1. The van der Waals surface area contributed by atoms with Gasteiger partial charge in [0.2, 0.25) is 0 Å². The van der Waals surface area contributed by atoms with Crippen LogP contribution >= 0.6 is 0 Å². The van der Waals surface area contributed by atoms with Gasteiger partial charge >= 0.3 is 0 Å². The number of azo groups is 2. The van der Waals surface area contributed by atoms with Crippen molar-refractivity contribution >= 4 is 81.3 Å². The highest BCUT2D eigenvalue weighted by Crippen LogP contribution is 2.35. The van der Waals surface area contributed by atoms with Gasteiger partial charge in [0, 0.05) is 17.5 Å². The Bertz CT molecular complexity index is 2630. The van der Waals surface area contributed by atoms with Crippen LogP contribution in [0.3, 0.4) is 0 Å². The van der Waals surface area contributed by atoms with Crippen molar-refractivity contribution in [1.82, 2.24) is 0 Å². The second-order valence-corrected chi connectivity index (χ2v) is 14.7. The summed E-state index contributed by atoms with van der Waals surface area (Å²) in [5.74, 6) is 0.416. The van der Waals surface area contributed by atoms with E-state index in [2.05, 4.69) is 30.8 Å². The van der Waals surface area contributed by atoms with Gasteiger partial charge in [-0.25, -0.2) is 0 Å². The van der Waals surface area contributed by atoms with Crippen molar-refractivity contribution in [3.05, 3.63) is 91.0 Å². The molecule has 0 spiro atoms. The summed E-state index contributed by atoms with van der Waals surface area (Å²) in [4.78, 5) is 2.31. The largest absolute Gasteiger partial charge is 0.494 e.